The molecule has 2 heterocycles. The SMILES string of the molecule is C1=CC(c2ccc(N(c3ccc(-c4ccc(-n5c6ccccc6c6c7ccccc7ccc65)cc4)cc3)c3ccc4c5ccccc5n(-c5ccccc5)c4c3)cc2)=CCC1. The lowest BCUT2D eigenvalue weighted by Gasteiger charge is -2.26. The molecule has 0 spiro atoms. The summed E-state index contributed by atoms with van der Waals surface area (Å²) < 4.78 is 4.80. The van der Waals surface area contributed by atoms with E-state index in [0.29, 0.717) is 0 Å². The predicted octanol–water partition coefficient (Wildman–Crippen LogP) is 15.9. The molecule has 0 radical (unpaired) electrons. The average Bonchev–Trinajstić information content (AvgIpc) is 3.86. The zero-order chi connectivity index (χ0) is 40.3. The van der Waals surface area contributed by atoms with E-state index in [1.165, 1.54) is 76.6 Å². The lowest BCUT2D eigenvalue weighted by atomic mass is 9.99. The largest absolute Gasteiger partial charge is 0.310 e. The summed E-state index contributed by atoms with van der Waals surface area (Å²) >= 11 is 0. The topological polar surface area (TPSA) is 13.1 Å². The van der Waals surface area contributed by atoms with Crippen molar-refractivity contribution in [2.45, 2.75) is 12.8 Å². The van der Waals surface area contributed by atoms with E-state index in [4.69, 9.17) is 0 Å². The molecule has 3 heteroatoms. The molecule has 0 amide bonds. The Labute approximate surface area is 355 Å². The van der Waals surface area contributed by atoms with Crippen molar-refractivity contribution in [3.8, 4) is 22.5 Å². The second-order valence-corrected chi connectivity index (χ2v) is 16.0. The highest BCUT2D eigenvalue weighted by Crippen LogP contribution is 2.41. The van der Waals surface area contributed by atoms with Crippen LogP contribution < -0.4 is 4.90 Å². The highest BCUT2D eigenvalue weighted by molar-refractivity contribution is 6.21. The van der Waals surface area contributed by atoms with Crippen LogP contribution in [0.15, 0.2) is 224 Å². The fraction of sp³-hybridized carbons (Fsp3) is 0.0345. The maximum Gasteiger partial charge on any atom is 0.0561 e. The first-order chi connectivity index (χ1) is 30.3. The molecule has 0 aliphatic heterocycles. The van der Waals surface area contributed by atoms with Gasteiger partial charge in [0, 0.05) is 50.0 Å². The molecule has 61 heavy (non-hydrogen) atoms. The minimum atomic E-state index is 1.09. The van der Waals surface area contributed by atoms with Gasteiger partial charge in [-0.15, -0.1) is 0 Å². The average molecular weight is 780 g/mol. The number of hydrogen-bond acceptors (Lipinski definition) is 1. The van der Waals surface area contributed by atoms with Gasteiger partial charge < -0.3 is 14.0 Å². The Morgan fingerprint density at radius 2 is 0.918 bits per heavy atom. The van der Waals surface area contributed by atoms with E-state index in [9.17, 15) is 0 Å². The lowest BCUT2D eigenvalue weighted by Crippen LogP contribution is -2.10. The van der Waals surface area contributed by atoms with E-state index in [1.54, 1.807) is 0 Å². The van der Waals surface area contributed by atoms with E-state index >= 15 is 0 Å². The van der Waals surface area contributed by atoms with E-state index in [1.807, 2.05) is 0 Å². The molecule has 1 aliphatic carbocycles. The summed E-state index contributed by atoms with van der Waals surface area (Å²) in [5.74, 6) is 0. The summed E-state index contributed by atoms with van der Waals surface area (Å²) in [6, 6.07) is 75.5. The van der Waals surface area contributed by atoms with Gasteiger partial charge in [0.2, 0.25) is 0 Å². The Morgan fingerprint density at radius 1 is 0.361 bits per heavy atom. The van der Waals surface area contributed by atoms with Crippen molar-refractivity contribution >= 4 is 77.0 Å². The molecule has 0 saturated carbocycles. The Balaban J connectivity index is 0.946. The van der Waals surface area contributed by atoms with Gasteiger partial charge in [-0.3, -0.25) is 0 Å². The van der Waals surface area contributed by atoms with Gasteiger partial charge in [0.25, 0.3) is 0 Å². The third-order valence-corrected chi connectivity index (χ3v) is 12.5. The normalized spacial score (nSPS) is 12.8. The van der Waals surface area contributed by atoms with Crippen LogP contribution in [0.25, 0.3) is 82.5 Å². The predicted molar refractivity (Wildman–Crippen MR) is 259 cm³/mol. The number of hydrogen-bond donors (Lipinski definition) is 0. The number of anilines is 3. The molecule has 0 saturated heterocycles. The van der Waals surface area contributed by atoms with Crippen LogP contribution in [-0.2, 0) is 0 Å². The van der Waals surface area contributed by atoms with Gasteiger partial charge in [0.1, 0.15) is 0 Å². The minimum absolute atomic E-state index is 1.09. The second kappa shape index (κ2) is 14.4. The van der Waals surface area contributed by atoms with Crippen molar-refractivity contribution < 1.29 is 0 Å². The summed E-state index contributed by atoms with van der Waals surface area (Å²) in [5, 5.41) is 7.61. The van der Waals surface area contributed by atoms with Crippen LogP contribution in [0.3, 0.4) is 0 Å². The highest BCUT2D eigenvalue weighted by Gasteiger charge is 2.19. The molecule has 0 unspecified atom stereocenters. The Hall–Kier alpha value is -7.88. The molecule has 0 bridgehead atoms. The number of nitrogens with zero attached hydrogens (tertiary/aromatic N) is 3. The van der Waals surface area contributed by atoms with Crippen molar-refractivity contribution in [1.29, 1.82) is 0 Å². The van der Waals surface area contributed by atoms with E-state index < -0.39 is 0 Å². The maximum atomic E-state index is 2.41. The summed E-state index contributed by atoms with van der Waals surface area (Å²) in [6.07, 6.45) is 9.07. The van der Waals surface area contributed by atoms with E-state index in [0.717, 1.165) is 41.3 Å². The number of fused-ring (bicyclic) bond motifs is 8. The van der Waals surface area contributed by atoms with Gasteiger partial charge in [-0.25, -0.2) is 0 Å². The first-order valence-corrected chi connectivity index (χ1v) is 21.2. The van der Waals surface area contributed by atoms with E-state index in [-0.39, 0.29) is 0 Å². The molecular formula is C58H41N3. The van der Waals surface area contributed by atoms with Crippen LogP contribution in [0.4, 0.5) is 17.1 Å². The fourth-order valence-electron chi connectivity index (χ4n) is 9.65. The molecule has 1 aliphatic rings. The van der Waals surface area contributed by atoms with Crippen molar-refractivity contribution in [3.05, 3.63) is 230 Å². The molecule has 9 aromatic carbocycles. The van der Waals surface area contributed by atoms with Crippen molar-refractivity contribution in [2.75, 3.05) is 4.90 Å². The zero-order valence-electron chi connectivity index (χ0n) is 33.6. The zero-order valence-corrected chi connectivity index (χ0v) is 33.6. The van der Waals surface area contributed by atoms with Crippen molar-refractivity contribution in [3.63, 3.8) is 0 Å². The molecule has 2 aromatic heterocycles. The molecule has 0 fully saturated rings. The first-order valence-electron chi connectivity index (χ1n) is 21.2. The summed E-state index contributed by atoms with van der Waals surface area (Å²) in [5.41, 5.74) is 15.3. The minimum Gasteiger partial charge on any atom is -0.310 e. The van der Waals surface area contributed by atoms with Gasteiger partial charge in [0.05, 0.1) is 22.1 Å². The first kappa shape index (κ1) is 35.1. The maximum absolute atomic E-state index is 2.41. The van der Waals surface area contributed by atoms with Crippen LogP contribution in [0.1, 0.15) is 18.4 Å². The Morgan fingerprint density at radius 3 is 1.64 bits per heavy atom. The van der Waals surface area contributed by atoms with Crippen LogP contribution in [0, 0.1) is 0 Å². The molecular weight excluding hydrogens is 739 g/mol. The van der Waals surface area contributed by atoms with Gasteiger partial charge in [-0.2, -0.15) is 0 Å². The lowest BCUT2D eigenvalue weighted by molar-refractivity contribution is 1.04. The molecule has 3 nitrogen and oxygen atoms in total. The van der Waals surface area contributed by atoms with Crippen LogP contribution in [-0.4, -0.2) is 9.13 Å². The molecule has 0 N–H and O–H groups in total. The van der Waals surface area contributed by atoms with Crippen molar-refractivity contribution in [2.24, 2.45) is 0 Å². The van der Waals surface area contributed by atoms with Gasteiger partial charge in [0.15, 0.2) is 0 Å². The number of allylic oxidation sites excluding steroid dienone is 4. The molecule has 12 rings (SSSR count). The fourth-order valence-corrected chi connectivity index (χ4v) is 9.65. The van der Waals surface area contributed by atoms with Crippen LogP contribution in [0.5, 0.6) is 0 Å². The Bertz CT molecular complexity index is 3490. The molecule has 11 aromatic rings. The molecule has 0 atom stereocenters. The number of benzene rings is 9. The highest BCUT2D eigenvalue weighted by atomic mass is 15.1. The third kappa shape index (κ3) is 5.89. The second-order valence-electron chi connectivity index (χ2n) is 16.0. The Kier molecular flexibility index (Phi) is 8.31. The summed E-state index contributed by atoms with van der Waals surface area (Å²) in [6.45, 7) is 0. The summed E-state index contributed by atoms with van der Waals surface area (Å²) in [7, 11) is 0. The smallest absolute Gasteiger partial charge is 0.0561 e. The third-order valence-electron chi connectivity index (χ3n) is 12.5. The monoisotopic (exact) mass is 779 g/mol. The van der Waals surface area contributed by atoms with Crippen LogP contribution in [0.2, 0.25) is 0 Å². The number of rotatable bonds is 7. The van der Waals surface area contributed by atoms with Gasteiger partial charge >= 0.3 is 0 Å². The molecule has 288 valence electrons. The van der Waals surface area contributed by atoms with Gasteiger partial charge in [-0.1, -0.05) is 146 Å². The van der Waals surface area contributed by atoms with E-state index in [2.05, 4.69) is 239 Å². The number of aromatic nitrogens is 2. The van der Waals surface area contributed by atoms with Crippen LogP contribution >= 0.6 is 0 Å². The number of para-hydroxylation sites is 3. The van der Waals surface area contributed by atoms with Gasteiger partial charge in [-0.05, 0) is 125 Å². The standard InChI is InChI=1S/C58H41N3/c1-3-13-40(14-4-1)41-23-30-46(31-24-41)59(49-36-37-52-51-19-9-11-21-54(51)61(57(52)39-49)45-16-5-2-6-17-45)47-32-25-42(26-33-47)43-27-34-48(35-28-43)60-55-22-12-10-20-53(55)58-50-18-8-7-15-44(50)29-38-56(58)60/h2-3,5-39H,1,4H2. The summed E-state index contributed by atoms with van der Waals surface area (Å²) in [4.78, 5) is 2.39. The quantitative estimate of drug-likeness (QED) is 0.157. The van der Waals surface area contributed by atoms with Crippen molar-refractivity contribution in [1.82, 2.24) is 9.13 Å².